The SMILES string of the molecule is O=C(CN(Cc1ccccc1)Cc1ccco1)NCC1(c2ccccc2)CCOCC1. The zero-order valence-electron chi connectivity index (χ0n) is 17.8. The number of ether oxygens (including phenoxy) is 1. The van der Waals surface area contributed by atoms with Crippen LogP contribution in [-0.4, -0.2) is 37.1 Å². The Kier molecular flexibility index (Phi) is 7.18. The Bertz CT molecular complexity index is 920. The van der Waals surface area contributed by atoms with Crippen molar-refractivity contribution >= 4 is 5.91 Å². The van der Waals surface area contributed by atoms with E-state index in [1.807, 2.05) is 36.4 Å². The molecule has 0 radical (unpaired) electrons. The van der Waals surface area contributed by atoms with Crippen LogP contribution < -0.4 is 5.32 Å². The average Bonchev–Trinajstić information content (AvgIpc) is 3.33. The first-order chi connectivity index (χ1) is 15.2. The van der Waals surface area contributed by atoms with Crippen LogP contribution in [0.25, 0.3) is 0 Å². The summed E-state index contributed by atoms with van der Waals surface area (Å²) in [5.41, 5.74) is 2.38. The Labute approximate surface area is 184 Å². The molecule has 1 aliphatic rings. The Morgan fingerprint density at radius 2 is 1.61 bits per heavy atom. The van der Waals surface area contributed by atoms with E-state index in [-0.39, 0.29) is 11.3 Å². The van der Waals surface area contributed by atoms with Crippen molar-refractivity contribution in [2.75, 3.05) is 26.3 Å². The molecule has 2 heterocycles. The zero-order chi connectivity index (χ0) is 21.4. The number of hydrogen-bond acceptors (Lipinski definition) is 4. The molecule has 0 saturated carbocycles. The molecule has 0 unspecified atom stereocenters. The predicted octanol–water partition coefficient (Wildman–Crippen LogP) is 4.15. The van der Waals surface area contributed by atoms with Gasteiger partial charge in [-0.2, -0.15) is 0 Å². The standard InChI is InChI=1S/C26H30N2O3/c29-25(27-21-26(13-16-30-17-14-26)23-10-5-2-6-11-23)20-28(19-24-12-7-15-31-24)18-22-8-3-1-4-9-22/h1-12,15H,13-14,16-21H2,(H,27,29). The van der Waals surface area contributed by atoms with Crippen LogP contribution in [0.2, 0.25) is 0 Å². The summed E-state index contributed by atoms with van der Waals surface area (Å²) in [5, 5.41) is 3.22. The predicted molar refractivity (Wildman–Crippen MR) is 120 cm³/mol. The van der Waals surface area contributed by atoms with E-state index >= 15 is 0 Å². The molecule has 31 heavy (non-hydrogen) atoms. The first-order valence-electron chi connectivity index (χ1n) is 10.9. The van der Waals surface area contributed by atoms with Crippen molar-refractivity contribution in [1.29, 1.82) is 0 Å². The van der Waals surface area contributed by atoms with Crippen molar-refractivity contribution in [1.82, 2.24) is 10.2 Å². The summed E-state index contributed by atoms with van der Waals surface area (Å²) < 4.78 is 11.1. The second kappa shape index (κ2) is 10.4. The van der Waals surface area contributed by atoms with E-state index in [0.717, 1.165) is 31.8 Å². The lowest BCUT2D eigenvalue weighted by molar-refractivity contribution is -0.123. The molecule has 1 fully saturated rings. The van der Waals surface area contributed by atoms with Crippen LogP contribution in [-0.2, 0) is 28.0 Å². The first-order valence-corrected chi connectivity index (χ1v) is 10.9. The maximum Gasteiger partial charge on any atom is 0.234 e. The van der Waals surface area contributed by atoms with E-state index in [0.29, 0.717) is 26.2 Å². The summed E-state index contributed by atoms with van der Waals surface area (Å²) in [6.07, 6.45) is 3.50. The second-order valence-electron chi connectivity index (χ2n) is 8.25. The molecule has 4 rings (SSSR count). The normalized spacial score (nSPS) is 15.6. The molecule has 1 saturated heterocycles. The van der Waals surface area contributed by atoms with E-state index in [4.69, 9.17) is 9.15 Å². The third-order valence-electron chi connectivity index (χ3n) is 6.04. The molecule has 1 N–H and O–H groups in total. The fourth-order valence-corrected chi connectivity index (χ4v) is 4.28. The van der Waals surface area contributed by atoms with Gasteiger partial charge in [0.05, 0.1) is 19.4 Å². The molecule has 2 aromatic carbocycles. The van der Waals surface area contributed by atoms with Crippen LogP contribution in [0.4, 0.5) is 0 Å². The summed E-state index contributed by atoms with van der Waals surface area (Å²) in [4.78, 5) is 15.1. The number of carbonyl (C=O) groups is 1. The molecule has 5 heteroatoms. The molecule has 0 spiro atoms. The van der Waals surface area contributed by atoms with Gasteiger partial charge in [-0.05, 0) is 36.1 Å². The topological polar surface area (TPSA) is 54.7 Å². The summed E-state index contributed by atoms with van der Waals surface area (Å²) >= 11 is 0. The minimum Gasteiger partial charge on any atom is -0.468 e. The quantitative estimate of drug-likeness (QED) is 0.567. The summed E-state index contributed by atoms with van der Waals surface area (Å²) in [6, 6.07) is 24.5. The second-order valence-corrected chi connectivity index (χ2v) is 8.25. The number of rotatable bonds is 9. The maximum atomic E-state index is 13.0. The van der Waals surface area contributed by atoms with Gasteiger partial charge in [-0.1, -0.05) is 60.7 Å². The van der Waals surface area contributed by atoms with E-state index in [1.54, 1.807) is 6.26 Å². The Morgan fingerprint density at radius 3 is 2.29 bits per heavy atom. The number of hydrogen-bond donors (Lipinski definition) is 1. The third-order valence-corrected chi connectivity index (χ3v) is 6.04. The van der Waals surface area contributed by atoms with Crippen LogP contribution in [0.1, 0.15) is 29.7 Å². The number of amides is 1. The van der Waals surface area contributed by atoms with Gasteiger partial charge < -0.3 is 14.5 Å². The number of carbonyl (C=O) groups excluding carboxylic acids is 1. The molecule has 162 valence electrons. The fourth-order valence-electron chi connectivity index (χ4n) is 4.28. The lowest BCUT2D eigenvalue weighted by atomic mass is 9.74. The highest BCUT2D eigenvalue weighted by Gasteiger charge is 2.34. The van der Waals surface area contributed by atoms with Crippen LogP contribution >= 0.6 is 0 Å². The van der Waals surface area contributed by atoms with Crippen molar-refractivity contribution in [2.45, 2.75) is 31.3 Å². The Balaban J connectivity index is 1.41. The molecule has 0 aliphatic carbocycles. The number of nitrogens with one attached hydrogen (secondary N) is 1. The highest BCUT2D eigenvalue weighted by atomic mass is 16.5. The third kappa shape index (κ3) is 5.84. The molecule has 3 aromatic rings. The van der Waals surface area contributed by atoms with Crippen LogP contribution in [0.15, 0.2) is 83.5 Å². The lowest BCUT2D eigenvalue weighted by Gasteiger charge is -2.38. The fraction of sp³-hybridized carbons (Fsp3) is 0.346. The van der Waals surface area contributed by atoms with Gasteiger partial charge in [0.2, 0.25) is 5.91 Å². The van der Waals surface area contributed by atoms with Gasteiger partial charge in [0, 0.05) is 31.7 Å². The minimum atomic E-state index is -0.0690. The van der Waals surface area contributed by atoms with Crippen molar-refractivity contribution in [3.05, 3.63) is 95.9 Å². The van der Waals surface area contributed by atoms with Crippen molar-refractivity contribution in [3.8, 4) is 0 Å². The van der Waals surface area contributed by atoms with Gasteiger partial charge in [0.15, 0.2) is 0 Å². The van der Waals surface area contributed by atoms with Gasteiger partial charge in [-0.25, -0.2) is 0 Å². The molecule has 1 amide bonds. The summed E-state index contributed by atoms with van der Waals surface area (Å²) in [7, 11) is 0. The van der Waals surface area contributed by atoms with Gasteiger partial charge in [0.1, 0.15) is 5.76 Å². The molecule has 1 aliphatic heterocycles. The van der Waals surface area contributed by atoms with Gasteiger partial charge >= 0.3 is 0 Å². The van der Waals surface area contributed by atoms with Crippen LogP contribution in [0.3, 0.4) is 0 Å². The highest BCUT2D eigenvalue weighted by molar-refractivity contribution is 5.78. The largest absolute Gasteiger partial charge is 0.468 e. The van der Waals surface area contributed by atoms with Gasteiger partial charge in [-0.3, -0.25) is 9.69 Å². The highest BCUT2D eigenvalue weighted by Crippen LogP contribution is 2.34. The smallest absolute Gasteiger partial charge is 0.234 e. The lowest BCUT2D eigenvalue weighted by Crippen LogP contribution is -2.46. The molecular formula is C26H30N2O3. The van der Waals surface area contributed by atoms with Crippen molar-refractivity contribution in [2.24, 2.45) is 0 Å². The molecule has 5 nitrogen and oxygen atoms in total. The number of nitrogens with zero attached hydrogens (tertiary/aromatic N) is 1. The molecule has 0 atom stereocenters. The van der Waals surface area contributed by atoms with Gasteiger partial charge in [-0.15, -0.1) is 0 Å². The summed E-state index contributed by atoms with van der Waals surface area (Å²) in [5.74, 6) is 0.887. The van der Waals surface area contributed by atoms with E-state index in [1.165, 1.54) is 11.1 Å². The van der Waals surface area contributed by atoms with Gasteiger partial charge in [0.25, 0.3) is 0 Å². The van der Waals surface area contributed by atoms with Crippen LogP contribution in [0.5, 0.6) is 0 Å². The average molecular weight is 419 g/mol. The maximum absolute atomic E-state index is 13.0. The van der Waals surface area contributed by atoms with Crippen molar-refractivity contribution < 1.29 is 13.9 Å². The molecule has 1 aromatic heterocycles. The molecule has 0 bridgehead atoms. The van der Waals surface area contributed by atoms with Crippen molar-refractivity contribution in [3.63, 3.8) is 0 Å². The number of furan rings is 1. The van der Waals surface area contributed by atoms with E-state index in [9.17, 15) is 4.79 Å². The summed E-state index contributed by atoms with van der Waals surface area (Å²) in [6.45, 7) is 3.67. The Hall–Kier alpha value is -2.89. The van der Waals surface area contributed by atoms with E-state index in [2.05, 4.69) is 46.6 Å². The number of benzene rings is 2. The van der Waals surface area contributed by atoms with E-state index < -0.39 is 0 Å². The molecular weight excluding hydrogens is 388 g/mol. The van der Waals surface area contributed by atoms with Crippen LogP contribution in [0, 0.1) is 0 Å². The monoisotopic (exact) mass is 418 g/mol. The minimum absolute atomic E-state index is 0.0317. The zero-order valence-corrected chi connectivity index (χ0v) is 17.8. The Morgan fingerprint density at radius 1 is 0.903 bits per heavy atom. The first kappa shape index (κ1) is 21.3.